The van der Waals surface area contributed by atoms with Gasteiger partial charge in [0.25, 0.3) is 0 Å². The first-order valence-corrected chi connectivity index (χ1v) is 15.5. The van der Waals surface area contributed by atoms with E-state index >= 15 is 0 Å². The van der Waals surface area contributed by atoms with Gasteiger partial charge >= 0.3 is 0 Å². The van der Waals surface area contributed by atoms with Crippen LogP contribution < -0.4 is 5.32 Å². The van der Waals surface area contributed by atoms with E-state index in [2.05, 4.69) is 94.8 Å². The molecule has 1 unspecified atom stereocenters. The Labute approximate surface area is 257 Å². The first-order chi connectivity index (χ1) is 21.8. The van der Waals surface area contributed by atoms with Crippen molar-refractivity contribution >= 4 is 65.0 Å². The smallest absolute Gasteiger partial charge is 0.159 e. The van der Waals surface area contributed by atoms with E-state index in [-0.39, 0.29) is 6.17 Å². The number of pyridine rings is 1. The van der Waals surface area contributed by atoms with Gasteiger partial charge in [-0.2, -0.15) is 0 Å². The molecule has 5 aromatic carbocycles. The lowest BCUT2D eigenvalue weighted by atomic mass is 10.1. The standard InChI is InChI=1S/C38H25N5S/c1-3-11-24(12-4-1)36-40-37(25-13-5-2-6-14-25)42-38(41-36)26-19-22-33(39-23-26)43-31-17-9-7-15-27(31)29-20-21-30-28-16-8-10-18-32(28)44-35(30)34(29)43/h1-23,38H,(H,40,41,42). The highest BCUT2D eigenvalue weighted by Crippen LogP contribution is 2.42. The molecule has 0 amide bonds. The maximum atomic E-state index is 5.07. The van der Waals surface area contributed by atoms with Gasteiger partial charge in [-0.1, -0.05) is 109 Å². The average Bonchev–Trinajstić information content (AvgIpc) is 3.65. The summed E-state index contributed by atoms with van der Waals surface area (Å²) in [4.78, 5) is 15.0. The van der Waals surface area contributed by atoms with Gasteiger partial charge in [0.1, 0.15) is 17.8 Å². The molecule has 0 saturated carbocycles. The van der Waals surface area contributed by atoms with E-state index < -0.39 is 0 Å². The van der Waals surface area contributed by atoms with Gasteiger partial charge in [0.05, 0.1) is 15.7 Å². The van der Waals surface area contributed by atoms with Crippen molar-refractivity contribution in [3.8, 4) is 5.82 Å². The topological polar surface area (TPSA) is 54.6 Å². The minimum Gasteiger partial charge on any atom is -0.344 e. The van der Waals surface area contributed by atoms with Crippen LogP contribution in [0.3, 0.4) is 0 Å². The molecule has 5 nitrogen and oxygen atoms in total. The zero-order valence-corrected chi connectivity index (χ0v) is 24.4. The van der Waals surface area contributed by atoms with Crippen LogP contribution >= 0.6 is 11.3 Å². The number of aromatic nitrogens is 2. The van der Waals surface area contributed by atoms with Crippen LogP contribution in [0.15, 0.2) is 150 Å². The Kier molecular flexibility index (Phi) is 5.67. The van der Waals surface area contributed by atoms with Gasteiger partial charge in [0.2, 0.25) is 0 Å². The number of nitrogens with zero attached hydrogens (tertiary/aromatic N) is 4. The third-order valence-electron chi connectivity index (χ3n) is 8.32. The number of thiophene rings is 1. The van der Waals surface area contributed by atoms with Gasteiger partial charge in [-0.05, 0) is 24.3 Å². The Hall–Kier alpha value is -5.59. The van der Waals surface area contributed by atoms with Crippen LogP contribution in [0.25, 0.3) is 47.8 Å². The summed E-state index contributed by atoms with van der Waals surface area (Å²) in [5, 5.41) is 8.59. The third-order valence-corrected chi connectivity index (χ3v) is 9.51. The molecular formula is C38H25N5S. The zero-order valence-electron chi connectivity index (χ0n) is 23.6. The van der Waals surface area contributed by atoms with E-state index in [0.717, 1.165) is 33.9 Å². The lowest BCUT2D eigenvalue weighted by Crippen LogP contribution is -2.33. The summed E-state index contributed by atoms with van der Waals surface area (Å²) in [6.07, 6.45) is 1.62. The lowest BCUT2D eigenvalue weighted by Gasteiger charge is -2.23. The van der Waals surface area contributed by atoms with E-state index in [9.17, 15) is 0 Å². The van der Waals surface area contributed by atoms with E-state index in [0.29, 0.717) is 5.84 Å². The molecule has 1 N–H and O–H groups in total. The van der Waals surface area contributed by atoms with Crippen LogP contribution in [0.1, 0.15) is 22.9 Å². The Morgan fingerprint density at radius 1 is 0.614 bits per heavy atom. The minimum atomic E-state index is -0.327. The number of nitrogens with one attached hydrogen (secondary N) is 1. The van der Waals surface area contributed by atoms with E-state index in [1.807, 2.05) is 66.1 Å². The number of para-hydroxylation sites is 1. The number of amidine groups is 2. The van der Waals surface area contributed by atoms with Crippen molar-refractivity contribution in [1.82, 2.24) is 14.9 Å². The molecule has 1 aliphatic heterocycles. The van der Waals surface area contributed by atoms with Crippen LogP contribution in [0.5, 0.6) is 0 Å². The first kappa shape index (κ1) is 25.0. The molecule has 0 aliphatic carbocycles. The SMILES string of the molecule is c1ccc(C2=NC(c3ccc(-n4c5ccccc5c5ccc6c7ccccc7sc6c54)nc3)NC(c3ccccc3)=N2)cc1. The molecule has 208 valence electrons. The molecule has 9 rings (SSSR count). The van der Waals surface area contributed by atoms with Crippen molar-refractivity contribution in [3.63, 3.8) is 0 Å². The van der Waals surface area contributed by atoms with Gasteiger partial charge in [0.15, 0.2) is 5.84 Å². The van der Waals surface area contributed by atoms with Crippen molar-refractivity contribution in [2.24, 2.45) is 9.98 Å². The van der Waals surface area contributed by atoms with Crippen molar-refractivity contribution in [3.05, 3.63) is 156 Å². The molecule has 0 saturated heterocycles. The second-order valence-electron chi connectivity index (χ2n) is 10.9. The van der Waals surface area contributed by atoms with Gasteiger partial charge in [-0.25, -0.2) is 15.0 Å². The molecular weight excluding hydrogens is 559 g/mol. The summed E-state index contributed by atoms with van der Waals surface area (Å²) < 4.78 is 4.89. The zero-order chi connectivity index (χ0) is 29.0. The number of hydrogen-bond donors (Lipinski definition) is 1. The van der Waals surface area contributed by atoms with Gasteiger partial charge in [-0.15, -0.1) is 11.3 Å². The highest BCUT2D eigenvalue weighted by atomic mass is 32.1. The number of hydrogen-bond acceptors (Lipinski definition) is 5. The van der Waals surface area contributed by atoms with Crippen molar-refractivity contribution in [2.75, 3.05) is 0 Å². The Morgan fingerprint density at radius 2 is 1.32 bits per heavy atom. The number of rotatable bonds is 4. The number of aliphatic imine (C=N–C) groups is 2. The van der Waals surface area contributed by atoms with Gasteiger partial charge in [-0.3, -0.25) is 4.57 Å². The highest BCUT2D eigenvalue weighted by Gasteiger charge is 2.22. The quantitative estimate of drug-likeness (QED) is 0.225. The highest BCUT2D eigenvalue weighted by molar-refractivity contribution is 7.26. The molecule has 0 spiro atoms. The monoisotopic (exact) mass is 583 g/mol. The predicted molar refractivity (Wildman–Crippen MR) is 183 cm³/mol. The molecule has 1 atom stereocenters. The summed E-state index contributed by atoms with van der Waals surface area (Å²) in [6, 6.07) is 46.4. The predicted octanol–water partition coefficient (Wildman–Crippen LogP) is 9.04. The molecule has 8 aromatic rings. The molecule has 0 fully saturated rings. The Balaban J connectivity index is 1.19. The second-order valence-corrected chi connectivity index (χ2v) is 12.0. The maximum Gasteiger partial charge on any atom is 0.159 e. The fraction of sp³-hybridized carbons (Fsp3) is 0.0263. The van der Waals surface area contributed by atoms with Crippen LogP contribution in [-0.2, 0) is 0 Å². The molecule has 6 heteroatoms. The Morgan fingerprint density at radius 3 is 2.11 bits per heavy atom. The molecule has 1 aliphatic rings. The average molecular weight is 584 g/mol. The molecule has 0 radical (unpaired) electrons. The summed E-state index contributed by atoms with van der Waals surface area (Å²) in [6.45, 7) is 0. The van der Waals surface area contributed by atoms with E-state index in [4.69, 9.17) is 15.0 Å². The number of fused-ring (bicyclic) bond motifs is 7. The summed E-state index contributed by atoms with van der Waals surface area (Å²) in [5.41, 5.74) is 5.31. The summed E-state index contributed by atoms with van der Waals surface area (Å²) >= 11 is 1.85. The van der Waals surface area contributed by atoms with Crippen molar-refractivity contribution < 1.29 is 0 Å². The van der Waals surface area contributed by atoms with Crippen LogP contribution in [0, 0.1) is 0 Å². The normalized spacial score (nSPS) is 15.0. The lowest BCUT2D eigenvalue weighted by molar-refractivity contribution is 0.670. The largest absolute Gasteiger partial charge is 0.344 e. The summed E-state index contributed by atoms with van der Waals surface area (Å²) in [7, 11) is 0. The molecule has 4 heterocycles. The van der Waals surface area contributed by atoms with E-state index in [1.54, 1.807) is 0 Å². The van der Waals surface area contributed by atoms with Crippen LogP contribution in [0.4, 0.5) is 0 Å². The first-order valence-electron chi connectivity index (χ1n) is 14.7. The molecule has 44 heavy (non-hydrogen) atoms. The maximum absolute atomic E-state index is 5.07. The third kappa shape index (κ3) is 3.96. The van der Waals surface area contributed by atoms with Gasteiger partial charge in [0, 0.05) is 49.1 Å². The van der Waals surface area contributed by atoms with Crippen molar-refractivity contribution in [2.45, 2.75) is 6.17 Å². The summed E-state index contributed by atoms with van der Waals surface area (Å²) in [5.74, 6) is 2.37. The van der Waals surface area contributed by atoms with Crippen LogP contribution in [0.2, 0.25) is 0 Å². The minimum absolute atomic E-state index is 0.327. The van der Waals surface area contributed by atoms with Crippen molar-refractivity contribution in [1.29, 1.82) is 0 Å². The van der Waals surface area contributed by atoms with Gasteiger partial charge < -0.3 is 5.32 Å². The van der Waals surface area contributed by atoms with E-state index in [1.165, 1.54) is 36.5 Å². The molecule has 0 bridgehead atoms. The Bertz CT molecular complexity index is 2400. The second kappa shape index (κ2) is 10.0. The van der Waals surface area contributed by atoms with Crippen LogP contribution in [-0.4, -0.2) is 21.2 Å². The fourth-order valence-corrected chi connectivity index (χ4v) is 7.48. The fourth-order valence-electron chi connectivity index (χ4n) is 6.24. The number of benzene rings is 5. The molecule has 3 aromatic heterocycles.